The maximum absolute atomic E-state index is 11.7. The van der Waals surface area contributed by atoms with Crippen LogP contribution in [-0.2, 0) is 18.1 Å². The van der Waals surface area contributed by atoms with E-state index >= 15 is 0 Å². The summed E-state index contributed by atoms with van der Waals surface area (Å²) in [6.45, 7) is 3.41. The highest BCUT2D eigenvalue weighted by atomic mass is 35.7. The van der Waals surface area contributed by atoms with Crippen molar-refractivity contribution < 1.29 is 16.8 Å². The molecule has 0 saturated heterocycles. The molecule has 0 radical (unpaired) electrons. The maximum Gasteiger partial charge on any atom is 0.262 e. The van der Waals surface area contributed by atoms with Crippen LogP contribution in [-0.4, -0.2) is 16.8 Å². The highest BCUT2D eigenvalue weighted by Gasteiger charge is 2.21. The maximum atomic E-state index is 11.7. The largest absolute Gasteiger partial charge is 0.262 e. The summed E-state index contributed by atoms with van der Waals surface area (Å²) in [5, 5.41) is -0.0499. The fourth-order valence-electron chi connectivity index (χ4n) is 2.26. The Morgan fingerprint density at radius 2 is 0.958 bits per heavy atom. The predicted molar refractivity (Wildman–Crippen MR) is 97.4 cm³/mol. The normalized spacial score (nSPS) is 12.4. The molecular formula is C14H10Cl4O4S2. The third-order valence-corrected chi connectivity index (χ3v) is 6.95. The summed E-state index contributed by atoms with van der Waals surface area (Å²) >= 11 is 11.9. The Morgan fingerprint density at radius 3 is 1.21 bits per heavy atom. The van der Waals surface area contributed by atoms with Crippen molar-refractivity contribution in [2.75, 3.05) is 0 Å². The second-order valence-electron chi connectivity index (χ2n) is 5.07. The van der Waals surface area contributed by atoms with E-state index in [0.717, 1.165) is 0 Å². The van der Waals surface area contributed by atoms with Crippen molar-refractivity contribution in [3.63, 3.8) is 0 Å². The van der Waals surface area contributed by atoms with Crippen molar-refractivity contribution in [1.82, 2.24) is 0 Å². The average Bonchev–Trinajstić information content (AvgIpc) is 2.36. The molecule has 0 saturated carbocycles. The molecule has 4 nitrogen and oxygen atoms in total. The van der Waals surface area contributed by atoms with E-state index in [1.165, 1.54) is 24.3 Å². The predicted octanol–water partition coefficient (Wildman–Crippen LogP) is 5.13. The third kappa shape index (κ3) is 4.00. The molecule has 2 aromatic rings. The highest BCUT2D eigenvalue weighted by Crippen LogP contribution is 2.38. The van der Waals surface area contributed by atoms with E-state index in [2.05, 4.69) is 0 Å². The van der Waals surface area contributed by atoms with Gasteiger partial charge in [-0.1, -0.05) is 23.2 Å². The SMILES string of the molecule is Cc1cc(Cl)c(S(=O)(=O)Cl)cc1-c1cc(S(=O)(=O)Cl)c(Cl)cc1C. The summed E-state index contributed by atoms with van der Waals surface area (Å²) in [6.07, 6.45) is 0. The van der Waals surface area contributed by atoms with Crippen LogP contribution < -0.4 is 0 Å². The zero-order chi connectivity index (χ0) is 18.4. The van der Waals surface area contributed by atoms with E-state index in [-0.39, 0.29) is 19.8 Å². The van der Waals surface area contributed by atoms with Gasteiger partial charge in [0.25, 0.3) is 18.1 Å². The van der Waals surface area contributed by atoms with E-state index < -0.39 is 18.1 Å². The van der Waals surface area contributed by atoms with Gasteiger partial charge in [-0.15, -0.1) is 0 Å². The van der Waals surface area contributed by atoms with Gasteiger partial charge in [0.15, 0.2) is 0 Å². The lowest BCUT2D eigenvalue weighted by atomic mass is 9.97. The van der Waals surface area contributed by atoms with Gasteiger partial charge < -0.3 is 0 Å². The molecule has 0 N–H and O–H groups in total. The first-order chi connectivity index (χ1) is 10.8. The van der Waals surface area contributed by atoms with Crippen molar-refractivity contribution >= 4 is 62.7 Å². The molecule has 0 amide bonds. The summed E-state index contributed by atoms with van der Waals surface area (Å²) in [5.41, 5.74) is 2.17. The minimum Gasteiger partial charge on any atom is -0.207 e. The van der Waals surface area contributed by atoms with Crippen molar-refractivity contribution in [2.24, 2.45) is 0 Å². The zero-order valence-corrected chi connectivity index (χ0v) is 16.9. The molecule has 0 bridgehead atoms. The summed E-state index contributed by atoms with van der Waals surface area (Å²) < 4.78 is 46.6. The first-order valence-corrected chi connectivity index (χ1v) is 11.7. The monoisotopic (exact) mass is 446 g/mol. The summed E-state index contributed by atoms with van der Waals surface area (Å²) in [5.74, 6) is 0. The quantitative estimate of drug-likeness (QED) is 0.611. The molecule has 0 spiro atoms. The van der Waals surface area contributed by atoms with Gasteiger partial charge in [0.1, 0.15) is 9.79 Å². The van der Waals surface area contributed by atoms with Gasteiger partial charge in [-0.25, -0.2) is 16.8 Å². The Hall–Kier alpha value is -0.500. The Bertz CT molecular complexity index is 959. The smallest absolute Gasteiger partial charge is 0.207 e. The first kappa shape index (κ1) is 19.8. The van der Waals surface area contributed by atoms with E-state index in [1.807, 2.05) is 0 Å². The van der Waals surface area contributed by atoms with Gasteiger partial charge in [0.05, 0.1) is 10.0 Å². The molecule has 24 heavy (non-hydrogen) atoms. The van der Waals surface area contributed by atoms with Crippen molar-refractivity contribution in [3.8, 4) is 11.1 Å². The average molecular weight is 448 g/mol. The Labute approximate surface area is 159 Å². The summed E-state index contributed by atoms with van der Waals surface area (Å²) in [6, 6.07) is 5.46. The van der Waals surface area contributed by atoms with Crippen molar-refractivity contribution in [3.05, 3.63) is 45.4 Å². The van der Waals surface area contributed by atoms with Gasteiger partial charge in [-0.2, -0.15) is 0 Å². The lowest BCUT2D eigenvalue weighted by Crippen LogP contribution is -1.98. The Kier molecular flexibility index (Phi) is 5.50. The van der Waals surface area contributed by atoms with Gasteiger partial charge in [-0.3, -0.25) is 0 Å². The fraction of sp³-hybridized carbons (Fsp3) is 0.143. The summed E-state index contributed by atoms with van der Waals surface area (Å²) in [4.78, 5) is -0.535. The number of hydrogen-bond acceptors (Lipinski definition) is 4. The van der Waals surface area contributed by atoms with Crippen molar-refractivity contribution in [2.45, 2.75) is 23.6 Å². The van der Waals surface area contributed by atoms with E-state index in [0.29, 0.717) is 22.3 Å². The first-order valence-electron chi connectivity index (χ1n) is 6.32. The Balaban J connectivity index is 2.87. The lowest BCUT2D eigenvalue weighted by molar-refractivity contribution is 0.608. The van der Waals surface area contributed by atoms with Gasteiger partial charge in [-0.05, 0) is 60.4 Å². The van der Waals surface area contributed by atoms with Gasteiger partial charge >= 0.3 is 0 Å². The molecule has 0 unspecified atom stereocenters. The zero-order valence-electron chi connectivity index (χ0n) is 12.3. The minimum atomic E-state index is -4.07. The summed E-state index contributed by atoms with van der Waals surface area (Å²) in [7, 11) is 2.65. The van der Waals surface area contributed by atoms with E-state index in [1.54, 1.807) is 13.8 Å². The molecule has 0 fully saturated rings. The number of benzene rings is 2. The van der Waals surface area contributed by atoms with Crippen LogP contribution in [0, 0.1) is 13.8 Å². The van der Waals surface area contributed by atoms with Gasteiger partial charge in [0.2, 0.25) is 0 Å². The molecule has 0 atom stereocenters. The van der Waals surface area contributed by atoms with Crippen LogP contribution in [0.15, 0.2) is 34.1 Å². The minimum absolute atomic E-state index is 0.0249. The number of hydrogen-bond donors (Lipinski definition) is 0. The van der Waals surface area contributed by atoms with Crippen LogP contribution in [0.4, 0.5) is 0 Å². The molecule has 2 rings (SSSR count). The molecule has 2 aromatic carbocycles. The van der Waals surface area contributed by atoms with E-state index in [4.69, 9.17) is 44.6 Å². The number of aryl methyl sites for hydroxylation is 2. The fourth-order valence-corrected chi connectivity index (χ4v) is 5.41. The molecule has 0 aromatic heterocycles. The second kappa shape index (κ2) is 6.67. The third-order valence-electron chi connectivity index (χ3n) is 3.37. The van der Waals surface area contributed by atoms with Gasteiger partial charge in [0, 0.05) is 21.4 Å². The number of rotatable bonds is 3. The van der Waals surface area contributed by atoms with Crippen LogP contribution in [0.25, 0.3) is 11.1 Å². The molecule has 0 heterocycles. The standard InChI is InChI=1S/C14H10Cl4O4S2/c1-7-3-11(15)13(23(17,19)20)5-9(7)10-6-14(24(18,21)22)12(16)4-8(10)2/h3-6H,1-2H3. The second-order valence-corrected chi connectivity index (χ2v) is 11.0. The number of halogens is 4. The Morgan fingerprint density at radius 1 is 0.667 bits per heavy atom. The highest BCUT2D eigenvalue weighted by molar-refractivity contribution is 8.14. The molecule has 0 aliphatic heterocycles. The molecule has 130 valence electrons. The van der Waals surface area contributed by atoms with Crippen LogP contribution in [0.2, 0.25) is 10.0 Å². The van der Waals surface area contributed by atoms with Crippen molar-refractivity contribution in [1.29, 1.82) is 0 Å². The molecular weight excluding hydrogens is 438 g/mol. The van der Waals surface area contributed by atoms with Crippen LogP contribution in [0.5, 0.6) is 0 Å². The molecule has 0 aliphatic rings. The molecule has 10 heteroatoms. The van der Waals surface area contributed by atoms with Crippen LogP contribution in [0.1, 0.15) is 11.1 Å². The van der Waals surface area contributed by atoms with E-state index in [9.17, 15) is 16.8 Å². The molecule has 0 aliphatic carbocycles. The lowest BCUT2D eigenvalue weighted by Gasteiger charge is -2.14. The van der Waals surface area contributed by atoms with Crippen LogP contribution in [0.3, 0.4) is 0 Å². The van der Waals surface area contributed by atoms with Crippen LogP contribution >= 0.6 is 44.6 Å². The topological polar surface area (TPSA) is 68.3 Å².